The molecule has 0 aromatic rings. The van der Waals surface area contributed by atoms with Crippen LogP contribution >= 0.6 is 22.6 Å². The number of fused-ring (bicyclic) bond motifs is 1. The van der Waals surface area contributed by atoms with Crippen molar-refractivity contribution < 1.29 is 47.1 Å². The number of rotatable bonds is 11. The molecule has 2 heterocycles. The topological polar surface area (TPSA) is 214 Å². The van der Waals surface area contributed by atoms with Crippen LogP contribution in [0.25, 0.3) is 0 Å². The number of hydrogen-bond donors (Lipinski definition) is 5. The summed E-state index contributed by atoms with van der Waals surface area (Å²) in [5.41, 5.74) is 3.24. The van der Waals surface area contributed by atoms with Crippen molar-refractivity contribution in [3.8, 4) is 0 Å². The molecule has 0 aromatic carbocycles. The molecule has 16 heteroatoms. The Kier molecular flexibility index (Phi) is 7.99. The zero-order chi connectivity index (χ0) is 23.6. The Labute approximate surface area is 184 Å². The van der Waals surface area contributed by atoms with Crippen LogP contribution in [0.5, 0.6) is 0 Å². The first kappa shape index (κ1) is 25.4. The van der Waals surface area contributed by atoms with Gasteiger partial charge in [-0.25, -0.2) is 4.79 Å². The fourth-order valence-electron chi connectivity index (χ4n) is 3.08. The number of carbonyl (C=O) groups excluding carboxylic acids is 2. The molecule has 0 aromatic heterocycles. The van der Waals surface area contributed by atoms with Gasteiger partial charge in [0, 0.05) is 35.8 Å². The minimum Gasteiger partial charge on any atom is -0.480 e. The zero-order valence-electron chi connectivity index (χ0n) is 16.1. The monoisotopic (exact) mass is 499 g/mol. The minimum atomic E-state index is -4.41. The predicted molar refractivity (Wildman–Crippen MR) is 109 cm³/mol. The molecular formula is C15H21N3O10S3. The van der Waals surface area contributed by atoms with Gasteiger partial charge in [0.05, 0.1) is 0 Å². The van der Waals surface area contributed by atoms with Crippen molar-refractivity contribution in [2.24, 2.45) is 5.73 Å². The van der Waals surface area contributed by atoms with Crippen molar-refractivity contribution in [1.29, 1.82) is 0 Å². The standard InChI is InChI=1S/C15H21N3O10S3/c1-28-15(17-9(19)4-2-3-8(16)11(20)21)13(24)18-10(12(22)23)7(5-29-14(15)18)6-30-31(25,26)27/h8,14H,2-6,16H2,1H3,(H,17,19)(H,20,21)(H,22,23)(H,25,26,27)/t8-,14-,15-/m0/s1. The van der Waals surface area contributed by atoms with E-state index in [0.29, 0.717) is 0 Å². The molecular weight excluding hydrogens is 478 g/mol. The highest BCUT2D eigenvalue weighted by Gasteiger charge is 2.66. The molecule has 13 nitrogen and oxygen atoms in total. The number of nitrogens with two attached hydrogens (primary N) is 1. The summed E-state index contributed by atoms with van der Waals surface area (Å²) in [6, 6.07) is -1.12. The van der Waals surface area contributed by atoms with Crippen LogP contribution in [0.1, 0.15) is 19.3 Å². The van der Waals surface area contributed by atoms with Gasteiger partial charge in [-0.1, -0.05) is 0 Å². The van der Waals surface area contributed by atoms with E-state index in [9.17, 15) is 32.7 Å². The smallest absolute Gasteiger partial charge is 0.352 e. The summed E-state index contributed by atoms with van der Waals surface area (Å²) in [6.07, 6.45) is 0.0579. The zero-order valence-corrected chi connectivity index (χ0v) is 18.6. The van der Waals surface area contributed by atoms with Crippen LogP contribution in [0.3, 0.4) is 0 Å². The lowest BCUT2D eigenvalue weighted by Gasteiger charge is -2.55. The van der Waals surface area contributed by atoms with E-state index >= 15 is 0 Å². The van der Waals surface area contributed by atoms with Crippen LogP contribution in [-0.2, 0) is 33.1 Å². The summed E-state index contributed by atoms with van der Waals surface area (Å²) in [7, 11) is -3.12. The summed E-state index contributed by atoms with van der Waals surface area (Å²) in [5, 5.41) is 19.8. The fraction of sp³-hybridized carbons (Fsp3) is 0.600. The number of aliphatic carboxylic acids is 2. The molecule has 3 atom stereocenters. The lowest BCUT2D eigenvalue weighted by atomic mass is 9.98. The number of β-lactam (4-membered cyclic amide) rings is 1. The number of methoxy groups -OCH3 is 1. The Bertz CT molecular complexity index is 921. The van der Waals surface area contributed by atoms with E-state index in [-0.39, 0.29) is 47.1 Å². The minimum absolute atomic E-state index is 0.0209. The van der Waals surface area contributed by atoms with Crippen LogP contribution in [0.4, 0.5) is 0 Å². The van der Waals surface area contributed by atoms with E-state index in [0.717, 1.165) is 16.7 Å². The van der Waals surface area contributed by atoms with Crippen LogP contribution in [0.15, 0.2) is 11.3 Å². The van der Waals surface area contributed by atoms with Crippen LogP contribution in [0, 0.1) is 0 Å². The van der Waals surface area contributed by atoms with Crippen molar-refractivity contribution in [2.75, 3.05) is 18.6 Å². The largest absolute Gasteiger partial charge is 0.480 e. The molecule has 174 valence electrons. The lowest BCUT2D eigenvalue weighted by Crippen LogP contribution is -2.80. The first-order valence-corrected chi connectivity index (χ1v) is 12.7. The number of nitrogens with zero attached hydrogens (tertiary/aromatic N) is 1. The first-order chi connectivity index (χ1) is 14.3. The van der Waals surface area contributed by atoms with E-state index in [2.05, 4.69) is 5.32 Å². The number of nitrogens with one attached hydrogen (secondary N) is 1. The van der Waals surface area contributed by atoms with Crippen molar-refractivity contribution in [1.82, 2.24) is 10.2 Å². The first-order valence-electron chi connectivity index (χ1n) is 8.71. The number of carboxylic acid groups (broad SMARTS) is 2. The molecule has 0 radical (unpaired) electrons. The van der Waals surface area contributed by atoms with Crippen molar-refractivity contribution in [3.05, 3.63) is 11.3 Å². The highest BCUT2D eigenvalue weighted by Crippen LogP contribution is 2.47. The highest BCUT2D eigenvalue weighted by molar-refractivity contribution is 8.70. The molecule has 31 heavy (non-hydrogen) atoms. The van der Waals surface area contributed by atoms with Gasteiger partial charge in [-0.3, -0.25) is 23.8 Å². The second-order valence-electron chi connectivity index (χ2n) is 6.61. The molecule has 2 amide bonds. The summed E-state index contributed by atoms with van der Waals surface area (Å²) in [4.78, 5) is 48.5. The average molecular weight is 500 g/mol. The fourth-order valence-corrected chi connectivity index (χ4v) is 6.05. The summed E-state index contributed by atoms with van der Waals surface area (Å²) in [6.45, 7) is 0. The third-order valence-electron chi connectivity index (χ3n) is 4.58. The maximum Gasteiger partial charge on any atom is 0.352 e. The van der Waals surface area contributed by atoms with Gasteiger partial charge in [-0.15, -0.1) is 11.8 Å². The van der Waals surface area contributed by atoms with Crippen LogP contribution in [0.2, 0.25) is 0 Å². The number of ether oxygens (including phenoxy) is 1. The van der Waals surface area contributed by atoms with Gasteiger partial charge < -0.3 is 26.0 Å². The van der Waals surface area contributed by atoms with Gasteiger partial charge in [-0.05, 0) is 18.4 Å². The second kappa shape index (κ2) is 9.74. The molecule has 1 saturated heterocycles. The highest BCUT2D eigenvalue weighted by atomic mass is 33.1. The molecule has 2 aliphatic heterocycles. The SMILES string of the molecule is CO[C@@]1(NC(=O)CCC[C@H](N)C(=O)O)C(=O)N2C(C(=O)O)=C(CSS(=O)(=O)O)CS[C@H]21. The maximum atomic E-state index is 12.8. The normalized spacial score (nSPS) is 24.3. The van der Waals surface area contributed by atoms with Crippen molar-refractivity contribution in [3.63, 3.8) is 0 Å². The molecule has 0 saturated carbocycles. The Morgan fingerprint density at radius 1 is 1.42 bits per heavy atom. The molecule has 1 fully saturated rings. The van der Waals surface area contributed by atoms with Crippen LogP contribution < -0.4 is 11.1 Å². The predicted octanol–water partition coefficient (Wildman–Crippen LogP) is -1.18. The molecule has 0 bridgehead atoms. The number of carbonyl (C=O) groups is 4. The number of carboxylic acids is 2. The Balaban J connectivity index is 2.14. The van der Waals surface area contributed by atoms with E-state index in [4.69, 9.17) is 20.1 Å². The molecule has 0 spiro atoms. The third-order valence-corrected chi connectivity index (χ3v) is 7.96. The Morgan fingerprint density at radius 2 is 2.06 bits per heavy atom. The van der Waals surface area contributed by atoms with E-state index in [1.807, 2.05) is 0 Å². The quantitative estimate of drug-likeness (QED) is 0.0980. The van der Waals surface area contributed by atoms with Gasteiger partial charge in [0.2, 0.25) is 5.91 Å². The summed E-state index contributed by atoms with van der Waals surface area (Å²) < 4.78 is 36.1. The van der Waals surface area contributed by atoms with E-state index in [1.54, 1.807) is 0 Å². The van der Waals surface area contributed by atoms with Crippen molar-refractivity contribution >= 4 is 55.5 Å². The van der Waals surface area contributed by atoms with Gasteiger partial charge in [-0.2, -0.15) is 8.42 Å². The van der Waals surface area contributed by atoms with Gasteiger partial charge >= 0.3 is 21.1 Å². The van der Waals surface area contributed by atoms with Gasteiger partial charge in [0.25, 0.3) is 11.6 Å². The number of amides is 2. The average Bonchev–Trinajstić information content (AvgIpc) is 2.68. The molecule has 2 rings (SSSR count). The van der Waals surface area contributed by atoms with Crippen molar-refractivity contribution in [2.45, 2.75) is 36.4 Å². The van der Waals surface area contributed by atoms with Gasteiger partial charge in [0.1, 0.15) is 17.1 Å². The number of hydrogen-bond acceptors (Lipinski definition) is 10. The molecule has 0 aliphatic carbocycles. The third kappa shape index (κ3) is 5.50. The van der Waals surface area contributed by atoms with Crippen LogP contribution in [-0.4, -0.2) is 87.6 Å². The maximum absolute atomic E-state index is 12.8. The Morgan fingerprint density at radius 3 is 2.58 bits per heavy atom. The molecule has 2 aliphatic rings. The van der Waals surface area contributed by atoms with Gasteiger partial charge in [0.15, 0.2) is 0 Å². The number of thioether (sulfide) groups is 1. The van der Waals surface area contributed by atoms with E-state index < -0.39 is 55.7 Å². The molecule has 0 unspecified atom stereocenters. The Hall–Kier alpha value is -1.85. The molecule has 6 N–H and O–H groups in total. The summed E-state index contributed by atoms with van der Waals surface area (Å²) >= 11 is 1.06. The second-order valence-corrected chi connectivity index (χ2v) is 11.0. The van der Waals surface area contributed by atoms with E-state index in [1.165, 1.54) is 7.11 Å². The summed E-state index contributed by atoms with van der Waals surface area (Å²) in [5.74, 6) is -4.47. The lowest BCUT2D eigenvalue weighted by molar-refractivity contribution is -0.192.